The molecule has 0 saturated carbocycles. The van der Waals surface area contributed by atoms with Gasteiger partial charge in [0.15, 0.2) is 0 Å². The van der Waals surface area contributed by atoms with E-state index in [0.717, 1.165) is 37.9 Å². The van der Waals surface area contributed by atoms with Gasteiger partial charge in [-0.25, -0.2) is 13.4 Å². The van der Waals surface area contributed by atoms with Crippen molar-refractivity contribution in [2.45, 2.75) is 35.6 Å². The molecule has 174 valence electrons. The van der Waals surface area contributed by atoms with Crippen LogP contribution in [0.4, 0.5) is 5.69 Å². The highest BCUT2D eigenvalue weighted by Gasteiger charge is 2.32. The number of carbonyl (C=O) groups excluding carboxylic acids is 1. The van der Waals surface area contributed by atoms with E-state index in [2.05, 4.69) is 10.2 Å². The van der Waals surface area contributed by atoms with Crippen molar-refractivity contribution in [2.24, 2.45) is 4.99 Å². The van der Waals surface area contributed by atoms with E-state index in [1.54, 1.807) is 30.3 Å². The van der Waals surface area contributed by atoms with Crippen LogP contribution in [0, 0.1) is 0 Å². The van der Waals surface area contributed by atoms with Gasteiger partial charge >= 0.3 is 0 Å². The predicted octanol–water partition coefficient (Wildman–Crippen LogP) is 4.98. The van der Waals surface area contributed by atoms with Crippen LogP contribution in [0.3, 0.4) is 0 Å². The fraction of sp³-hybridized carbons (Fsp3) is 0.231. The van der Waals surface area contributed by atoms with Crippen LogP contribution < -0.4 is 5.32 Å². The molecule has 0 radical (unpaired) electrons. The van der Waals surface area contributed by atoms with Gasteiger partial charge in [0.05, 0.1) is 15.5 Å². The van der Waals surface area contributed by atoms with E-state index in [1.165, 1.54) is 12.1 Å². The fourth-order valence-electron chi connectivity index (χ4n) is 4.43. The SMILES string of the molecule is O=C(NCc1cccc(Cl)c1)c1ccc2c(c1)N=C(N1CCCCC1)c1ccccc1S2(=O)=O. The van der Waals surface area contributed by atoms with Gasteiger partial charge in [0.1, 0.15) is 5.84 Å². The van der Waals surface area contributed by atoms with Gasteiger partial charge in [-0.2, -0.15) is 0 Å². The van der Waals surface area contributed by atoms with Gasteiger partial charge in [0, 0.05) is 35.8 Å². The average molecular weight is 494 g/mol. The third-order valence-electron chi connectivity index (χ3n) is 6.15. The average Bonchev–Trinajstić information content (AvgIpc) is 2.95. The number of hydrogen-bond donors (Lipinski definition) is 1. The van der Waals surface area contributed by atoms with E-state index in [1.807, 2.05) is 24.3 Å². The first-order valence-corrected chi connectivity index (χ1v) is 13.1. The zero-order valence-corrected chi connectivity index (χ0v) is 20.1. The molecule has 0 aliphatic carbocycles. The van der Waals surface area contributed by atoms with Gasteiger partial charge in [-0.1, -0.05) is 35.9 Å². The summed E-state index contributed by atoms with van der Waals surface area (Å²) in [6.07, 6.45) is 3.22. The number of benzene rings is 3. The minimum absolute atomic E-state index is 0.110. The second kappa shape index (κ2) is 9.24. The van der Waals surface area contributed by atoms with Gasteiger partial charge in [-0.3, -0.25) is 4.79 Å². The minimum Gasteiger partial charge on any atom is -0.356 e. The lowest BCUT2D eigenvalue weighted by Crippen LogP contribution is -2.36. The lowest BCUT2D eigenvalue weighted by molar-refractivity contribution is 0.0951. The molecule has 8 heteroatoms. The number of piperidine rings is 1. The largest absolute Gasteiger partial charge is 0.356 e. The van der Waals surface area contributed by atoms with Crippen LogP contribution in [-0.2, 0) is 16.4 Å². The van der Waals surface area contributed by atoms with E-state index in [0.29, 0.717) is 28.5 Å². The number of nitrogens with one attached hydrogen (secondary N) is 1. The van der Waals surface area contributed by atoms with E-state index in [4.69, 9.17) is 16.6 Å². The summed E-state index contributed by atoms with van der Waals surface area (Å²) >= 11 is 6.03. The highest BCUT2D eigenvalue weighted by atomic mass is 35.5. The Morgan fingerprint density at radius 2 is 1.74 bits per heavy atom. The van der Waals surface area contributed by atoms with Crippen molar-refractivity contribution in [2.75, 3.05) is 13.1 Å². The van der Waals surface area contributed by atoms with Crippen molar-refractivity contribution in [1.82, 2.24) is 10.2 Å². The van der Waals surface area contributed by atoms with Gasteiger partial charge < -0.3 is 10.2 Å². The Morgan fingerprint density at radius 1 is 0.941 bits per heavy atom. The standard InChI is InChI=1S/C26H24ClN3O3S/c27-20-8-6-7-18(15-20)17-28-26(31)19-11-12-24-22(16-19)29-25(30-13-4-1-5-14-30)21-9-2-3-10-23(21)34(24,32)33/h2-3,6-12,15-16H,1,4-5,13-14,17H2,(H,28,31). The van der Waals surface area contributed by atoms with Crippen molar-refractivity contribution in [1.29, 1.82) is 0 Å². The second-order valence-corrected chi connectivity index (χ2v) is 10.8. The fourth-order valence-corrected chi connectivity index (χ4v) is 6.21. The molecule has 1 N–H and O–H groups in total. The first kappa shape index (κ1) is 22.6. The molecule has 3 aromatic rings. The number of amides is 1. The van der Waals surface area contributed by atoms with Crippen LogP contribution in [-0.4, -0.2) is 38.2 Å². The van der Waals surface area contributed by atoms with Crippen molar-refractivity contribution in [3.63, 3.8) is 0 Å². The van der Waals surface area contributed by atoms with Gasteiger partial charge in [0.2, 0.25) is 9.84 Å². The molecule has 0 atom stereocenters. The maximum Gasteiger partial charge on any atom is 0.251 e. The molecule has 2 heterocycles. The number of likely N-dealkylation sites (tertiary alicyclic amines) is 1. The Bertz CT molecular complexity index is 1400. The Labute approximate surface area is 204 Å². The number of amidine groups is 1. The monoisotopic (exact) mass is 493 g/mol. The summed E-state index contributed by atoms with van der Waals surface area (Å²) in [5.41, 5.74) is 2.11. The van der Waals surface area contributed by atoms with E-state index < -0.39 is 9.84 Å². The second-order valence-electron chi connectivity index (χ2n) is 8.48. The van der Waals surface area contributed by atoms with E-state index >= 15 is 0 Å². The summed E-state index contributed by atoms with van der Waals surface area (Å²) in [7, 11) is -3.80. The van der Waals surface area contributed by atoms with Crippen LogP contribution in [0.2, 0.25) is 5.02 Å². The molecule has 0 spiro atoms. The Kier molecular flexibility index (Phi) is 6.15. The summed E-state index contributed by atoms with van der Waals surface area (Å²) in [5, 5.41) is 3.47. The molecule has 1 amide bonds. The maximum absolute atomic E-state index is 13.6. The van der Waals surface area contributed by atoms with Gasteiger partial charge in [-0.15, -0.1) is 0 Å². The normalized spacial score (nSPS) is 16.6. The summed E-state index contributed by atoms with van der Waals surface area (Å²) in [6.45, 7) is 1.95. The zero-order valence-electron chi connectivity index (χ0n) is 18.5. The quantitative estimate of drug-likeness (QED) is 0.558. The summed E-state index contributed by atoms with van der Waals surface area (Å²) < 4.78 is 27.1. The maximum atomic E-state index is 13.6. The molecule has 1 fully saturated rings. The van der Waals surface area contributed by atoms with E-state index in [9.17, 15) is 13.2 Å². The number of rotatable bonds is 3. The summed E-state index contributed by atoms with van der Waals surface area (Å²) in [6, 6.07) is 18.9. The molecule has 0 unspecified atom stereocenters. The molecular formula is C26H24ClN3O3S. The molecule has 6 nitrogen and oxygen atoms in total. The lowest BCUT2D eigenvalue weighted by Gasteiger charge is -2.30. The third kappa shape index (κ3) is 4.33. The number of fused-ring (bicyclic) bond motifs is 2. The lowest BCUT2D eigenvalue weighted by atomic mass is 10.1. The number of sulfone groups is 1. The van der Waals surface area contributed by atoms with Crippen LogP contribution in [0.15, 0.2) is 81.5 Å². The highest BCUT2D eigenvalue weighted by Crippen LogP contribution is 2.37. The summed E-state index contributed by atoms with van der Waals surface area (Å²) in [4.78, 5) is 20.2. The molecule has 5 rings (SSSR count). The Balaban J connectivity index is 1.53. The van der Waals surface area contributed by atoms with Crippen LogP contribution in [0.1, 0.15) is 40.7 Å². The Morgan fingerprint density at radius 3 is 2.53 bits per heavy atom. The minimum atomic E-state index is -3.80. The molecule has 2 aliphatic rings. The highest BCUT2D eigenvalue weighted by molar-refractivity contribution is 7.91. The van der Waals surface area contributed by atoms with E-state index in [-0.39, 0.29) is 21.4 Å². The van der Waals surface area contributed by atoms with Gasteiger partial charge in [0.25, 0.3) is 5.91 Å². The number of carbonyl (C=O) groups is 1. The molecule has 1 saturated heterocycles. The molecule has 2 aliphatic heterocycles. The molecule has 34 heavy (non-hydrogen) atoms. The first-order valence-electron chi connectivity index (χ1n) is 11.3. The van der Waals surface area contributed by atoms with Crippen molar-refractivity contribution >= 4 is 38.9 Å². The van der Waals surface area contributed by atoms with Crippen LogP contribution in [0.25, 0.3) is 0 Å². The number of aliphatic imine (C=N–C) groups is 1. The number of hydrogen-bond acceptors (Lipinski definition) is 5. The number of nitrogens with zero attached hydrogens (tertiary/aromatic N) is 2. The van der Waals surface area contributed by atoms with Gasteiger partial charge in [-0.05, 0) is 67.3 Å². The van der Waals surface area contributed by atoms with Crippen molar-refractivity contribution in [3.8, 4) is 0 Å². The van der Waals surface area contributed by atoms with Crippen LogP contribution >= 0.6 is 11.6 Å². The zero-order chi connectivity index (χ0) is 23.7. The molecule has 3 aromatic carbocycles. The van der Waals surface area contributed by atoms with Crippen LogP contribution in [0.5, 0.6) is 0 Å². The molecule has 0 bridgehead atoms. The Hall–Kier alpha value is -3.16. The first-order chi connectivity index (χ1) is 16.4. The van der Waals surface area contributed by atoms with Crippen molar-refractivity contribution < 1.29 is 13.2 Å². The molecular weight excluding hydrogens is 470 g/mol. The number of halogens is 1. The third-order valence-corrected chi connectivity index (χ3v) is 8.25. The molecule has 0 aromatic heterocycles. The summed E-state index contributed by atoms with van der Waals surface area (Å²) in [5.74, 6) is 0.339. The van der Waals surface area contributed by atoms with Crippen molar-refractivity contribution in [3.05, 3.63) is 88.4 Å². The topological polar surface area (TPSA) is 78.8 Å². The smallest absolute Gasteiger partial charge is 0.251 e. The predicted molar refractivity (Wildman–Crippen MR) is 133 cm³/mol.